The first kappa shape index (κ1) is 14.0. The van der Waals surface area contributed by atoms with Crippen molar-refractivity contribution in [3.63, 3.8) is 0 Å². The molecule has 0 aliphatic carbocycles. The zero-order chi connectivity index (χ0) is 13.8. The Labute approximate surface area is 121 Å². The quantitative estimate of drug-likeness (QED) is 0.902. The lowest BCUT2D eigenvalue weighted by Crippen LogP contribution is -2.19. The van der Waals surface area contributed by atoms with E-state index in [2.05, 4.69) is 39.2 Å². The van der Waals surface area contributed by atoms with Crippen LogP contribution in [-0.4, -0.2) is 10.1 Å². The fraction of sp³-hybridized carbons (Fsp3) is 0.267. The van der Waals surface area contributed by atoms with Crippen molar-refractivity contribution in [1.29, 1.82) is 0 Å². The molecule has 0 amide bonds. The summed E-state index contributed by atoms with van der Waals surface area (Å²) >= 11 is 3.54. The second kappa shape index (κ2) is 6.17. The van der Waals surface area contributed by atoms with Gasteiger partial charge >= 0.3 is 0 Å². The van der Waals surface area contributed by atoms with E-state index in [-0.39, 0.29) is 11.8 Å². The van der Waals surface area contributed by atoms with Crippen LogP contribution < -0.4 is 5.32 Å². The lowest BCUT2D eigenvalue weighted by Gasteiger charge is -2.16. The van der Waals surface area contributed by atoms with Gasteiger partial charge in [-0.15, -0.1) is 0 Å². The molecule has 1 aromatic heterocycles. The van der Waals surface area contributed by atoms with Crippen molar-refractivity contribution >= 4 is 15.9 Å². The zero-order valence-electron chi connectivity index (χ0n) is 11.0. The molecule has 0 aliphatic rings. The number of nitrogens with zero attached hydrogens (tertiary/aromatic N) is 1. The van der Waals surface area contributed by atoms with Gasteiger partial charge in [0.25, 0.3) is 0 Å². The molecular weight excluding hydrogens is 304 g/mol. The molecular formula is C15H17BrN2O. The molecule has 1 unspecified atom stereocenters. The molecule has 0 saturated carbocycles. The van der Waals surface area contributed by atoms with Crippen molar-refractivity contribution in [2.45, 2.75) is 26.4 Å². The van der Waals surface area contributed by atoms with Gasteiger partial charge in [0.05, 0.1) is 5.69 Å². The van der Waals surface area contributed by atoms with Gasteiger partial charge in [-0.3, -0.25) is 4.98 Å². The molecule has 3 nitrogen and oxygen atoms in total. The number of pyridine rings is 1. The number of benzene rings is 1. The molecule has 1 aromatic carbocycles. The van der Waals surface area contributed by atoms with Gasteiger partial charge in [0.2, 0.25) is 0 Å². The van der Waals surface area contributed by atoms with E-state index in [1.54, 1.807) is 12.1 Å². The highest BCUT2D eigenvalue weighted by atomic mass is 79.9. The maximum atomic E-state index is 9.76. The summed E-state index contributed by atoms with van der Waals surface area (Å²) < 4.78 is 1.08. The van der Waals surface area contributed by atoms with Crippen molar-refractivity contribution in [2.75, 3.05) is 0 Å². The van der Waals surface area contributed by atoms with Gasteiger partial charge < -0.3 is 10.4 Å². The summed E-state index contributed by atoms with van der Waals surface area (Å²) in [5.41, 5.74) is 2.77. The van der Waals surface area contributed by atoms with Gasteiger partial charge in [0.15, 0.2) is 0 Å². The summed E-state index contributed by atoms with van der Waals surface area (Å²) in [6.07, 6.45) is 0. The molecule has 0 spiro atoms. The van der Waals surface area contributed by atoms with E-state index in [1.165, 1.54) is 5.56 Å². The minimum Gasteiger partial charge on any atom is -0.506 e. The second-order valence-electron chi connectivity index (χ2n) is 4.54. The molecule has 2 aromatic rings. The fourth-order valence-electron chi connectivity index (χ4n) is 1.92. The predicted molar refractivity (Wildman–Crippen MR) is 80.0 cm³/mol. The van der Waals surface area contributed by atoms with Crippen LogP contribution in [0.15, 0.2) is 40.9 Å². The lowest BCUT2D eigenvalue weighted by molar-refractivity contribution is 0.454. The number of nitrogens with one attached hydrogen (secondary N) is 1. The number of rotatable bonds is 4. The van der Waals surface area contributed by atoms with Crippen LogP contribution in [0.3, 0.4) is 0 Å². The van der Waals surface area contributed by atoms with Crippen LogP contribution >= 0.6 is 15.9 Å². The molecule has 0 fully saturated rings. The Morgan fingerprint density at radius 3 is 2.74 bits per heavy atom. The summed E-state index contributed by atoms with van der Waals surface area (Å²) in [6, 6.07) is 11.8. The third-order valence-electron chi connectivity index (χ3n) is 3.04. The Kier molecular flexibility index (Phi) is 4.56. The molecule has 2 rings (SSSR count). The largest absolute Gasteiger partial charge is 0.506 e. The molecule has 2 N–H and O–H groups in total. The SMILES string of the molecule is Cc1ccc(O)c(CNC(C)c2ccccc2Br)n1. The highest BCUT2D eigenvalue weighted by Crippen LogP contribution is 2.23. The maximum Gasteiger partial charge on any atom is 0.138 e. The molecule has 100 valence electrons. The normalized spacial score (nSPS) is 12.4. The maximum absolute atomic E-state index is 9.76. The highest BCUT2D eigenvalue weighted by molar-refractivity contribution is 9.10. The van der Waals surface area contributed by atoms with E-state index in [0.717, 1.165) is 10.2 Å². The van der Waals surface area contributed by atoms with Crippen LogP contribution in [0.25, 0.3) is 0 Å². The van der Waals surface area contributed by atoms with Gasteiger partial charge in [0, 0.05) is 22.8 Å². The molecule has 0 saturated heterocycles. The smallest absolute Gasteiger partial charge is 0.138 e. The highest BCUT2D eigenvalue weighted by Gasteiger charge is 2.10. The van der Waals surface area contributed by atoms with E-state index in [1.807, 2.05) is 25.1 Å². The Morgan fingerprint density at radius 1 is 1.26 bits per heavy atom. The molecule has 1 atom stereocenters. The molecule has 19 heavy (non-hydrogen) atoms. The number of aromatic hydroxyl groups is 1. The first-order valence-electron chi connectivity index (χ1n) is 6.21. The van der Waals surface area contributed by atoms with Crippen molar-refractivity contribution < 1.29 is 5.11 Å². The Morgan fingerprint density at radius 2 is 2.00 bits per heavy atom. The Balaban J connectivity index is 2.06. The van der Waals surface area contributed by atoms with E-state index in [9.17, 15) is 5.11 Å². The van der Waals surface area contributed by atoms with Gasteiger partial charge in [-0.1, -0.05) is 34.1 Å². The summed E-state index contributed by atoms with van der Waals surface area (Å²) in [7, 11) is 0. The lowest BCUT2D eigenvalue weighted by atomic mass is 10.1. The summed E-state index contributed by atoms with van der Waals surface area (Å²) in [5.74, 6) is 0.234. The molecule has 0 radical (unpaired) electrons. The molecule has 0 aliphatic heterocycles. The third-order valence-corrected chi connectivity index (χ3v) is 3.76. The summed E-state index contributed by atoms with van der Waals surface area (Å²) in [6.45, 7) is 4.54. The fourth-order valence-corrected chi connectivity index (χ4v) is 2.55. The molecule has 4 heteroatoms. The minimum absolute atomic E-state index is 0.178. The van der Waals surface area contributed by atoms with Gasteiger partial charge in [0.1, 0.15) is 5.75 Å². The van der Waals surface area contributed by atoms with Crippen LogP contribution in [0, 0.1) is 6.92 Å². The minimum atomic E-state index is 0.178. The first-order chi connectivity index (χ1) is 9.08. The van der Waals surface area contributed by atoms with Crippen molar-refractivity contribution in [3.8, 4) is 5.75 Å². The summed E-state index contributed by atoms with van der Waals surface area (Å²) in [5, 5.41) is 13.1. The number of hydrogen-bond acceptors (Lipinski definition) is 3. The van der Waals surface area contributed by atoms with Crippen LogP contribution in [0.1, 0.15) is 29.9 Å². The van der Waals surface area contributed by atoms with Crippen LogP contribution in [-0.2, 0) is 6.54 Å². The zero-order valence-corrected chi connectivity index (χ0v) is 12.6. The van der Waals surface area contributed by atoms with Crippen LogP contribution in [0.2, 0.25) is 0 Å². The molecule has 1 heterocycles. The van der Waals surface area contributed by atoms with Crippen molar-refractivity contribution in [3.05, 3.63) is 57.8 Å². The van der Waals surface area contributed by atoms with E-state index in [0.29, 0.717) is 12.2 Å². The first-order valence-corrected chi connectivity index (χ1v) is 7.00. The monoisotopic (exact) mass is 320 g/mol. The van der Waals surface area contributed by atoms with Gasteiger partial charge in [-0.05, 0) is 37.6 Å². The standard InChI is InChI=1S/C15H17BrN2O/c1-10-7-8-15(19)14(18-10)9-17-11(2)12-5-3-4-6-13(12)16/h3-8,11,17,19H,9H2,1-2H3. The van der Waals surface area contributed by atoms with Gasteiger partial charge in [-0.25, -0.2) is 0 Å². The number of aromatic nitrogens is 1. The van der Waals surface area contributed by atoms with Crippen LogP contribution in [0.4, 0.5) is 0 Å². The number of hydrogen-bond donors (Lipinski definition) is 2. The van der Waals surface area contributed by atoms with Crippen molar-refractivity contribution in [1.82, 2.24) is 10.3 Å². The van der Waals surface area contributed by atoms with E-state index < -0.39 is 0 Å². The van der Waals surface area contributed by atoms with Crippen LogP contribution in [0.5, 0.6) is 5.75 Å². The second-order valence-corrected chi connectivity index (χ2v) is 5.40. The molecule has 0 bridgehead atoms. The van der Waals surface area contributed by atoms with E-state index in [4.69, 9.17) is 0 Å². The van der Waals surface area contributed by atoms with Crippen molar-refractivity contribution in [2.24, 2.45) is 0 Å². The topological polar surface area (TPSA) is 45.1 Å². The summed E-state index contributed by atoms with van der Waals surface area (Å²) in [4.78, 5) is 4.34. The van der Waals surface area contributed by atoms with E-state index >= 15 is 0 Å². The number of aryl methyl sites for hydroxylation is 1. The average Bonchev–Trinajstić information content (AvgIpc) is 2.40. The number of halogens is 1. The average molecular weight is 321 g/mol. The Bertz CT molecular complexity index is 572. The Hall–Kier alpha value is -1.39. The third kappa shape index (κ3) is 3.55. The predicted octanol–water partition coefficient (Wildman–Crippen LogP) is 3.71. The van der Waals surface area contributed by atoms with Gasteiger partial charge in [-0.2, -0.15) is 0 Å².